The molecule has 0 unspecified atom stereocenters. The van der Waals surface area contributed by atoms with Crippen LogP contribution in [-0.4, -0.2) is 85.1 Å². The third-order valence-corrected chi connectivity index (χ3v) is 7.01. The number of nitrogens with two attached hydrogens (primary N) is 1. The minimum atomic E-state index is -0.231. The summed E-state index contributed by atoms with van der Waals surface area (Å²) >= 11 is 0. The molecule has 2 amide bonds. The van der Waals surface area contributed by atoms with Crippen LogP contribution in [0, 0.1) is 0 Å². The Balaban J connectivity index is 1.48. The van der Waals surface area contributed by atoms with E-state index >= 15 is 0 Å². The molecule has 1 aliphatic heterocycles. The van der Waals surface area contributed by atoms with E-state index in [2.05, 4.69) is 16.0 Å². The van der Waals surface area contributed by atoms with Crippen molar-refractivity contribution >= 4 is 29.7 Å². The summed E-state index contributed by atoms with van der Waals surface area (Å²) in [5.41, 5.74) is 7.55. The molecule has 0 radical (unpaired) electrons. The Kier molecular flexibility index (Phi) is 14.4. The highest BCUT2D eigenvalue weighted by Gasteiger charge is 2.29. The summed E-state index contributed by atoms with van der Waals surface area (Å²) < 4.78 is 0. The molecule has 0 atom stereocenters. The van der Waals surface area contributed by atoms with Crippen LogP contribution in [0.5, 0.6) is 11.5 Å². The van der Waals surface area contributed by atoms with Crippen LogP contribution in [0.25, 0.3) is 12.2 Å². The van der Waals surface area contributed by atoms with E-state index in [0.717, 1.165) is 51.9 Å². The average Bonchev–Trinajstić information content (AvgIpc) is 2.98. The number of benzene rings is 2. The topological polar surface area (TPSA) is 157 Å². The second-order valence-electron chi connectivity index (χ2n) is 10.7. The van der Waals surface area contributed by atoms with Gasteiger partial charge in [-0.1, -0.05) is 24.3 Å². The van der Waals surface area contributed by atoms with E-state index in [1.807, 2.05) is 0 Å². The summed E-state index contributed by atoms with van der Waals surface area (Å²) in [6.07, 6.45) is 7.40. The van der Waals surface area contributed by atoms with Crippen LogP contribution in [0.4, 0.5) is 0 Å². The number of nitrogens with one attached hydrogen (secondary N) is 3. The van der Waals surface area contributed by atoms with Gasteiger partial charge in [-0.25, -0.2) is 0 Å². The largest absolute Gasteiger partial charge is 0.508 e. The summed E-state index contributed by atoms with van der Waals surface area (Å²) in [4.78, 5) is 40.5. The van der Waals surface area contributed by atoms with Gasteiger partial charge in [-0.05, 0) is 106 Å². The summed E-state index contributed by atoms with van der Waals surface area (Å²) in [6.45, 7) is 5.14. The van der Waals surface area contributed by atoms with E-state index in [-0.39, 0.29) is 55.0 Å². The molecule has 43 heavy (non-hydrogen) atoms. The molecule has 10 nitrogen and oxygen atoms in total. The number of hydrogen-bond acceptors (Lipinski definition) is 8. The number of aromatic hydroxyl groups is 2. The number of piperidine rings is 1. The fourth-order valence-corrected chi connectivity index (χ4v) is 4.73. The van der Waals surface area contributed by atoms with E-state index in [1.165, 1.54) is 0 Å². The van der Waals surface area contributed by atoms with Gasteiger partial charge >= 0.3 is 0 Å². The molecular weight excluding hydrogens is 546 g/mol. The van der Waals surface area contributed by atoms with Crippen LogP contribution in [0.15, 0.2) is 59.7 Å². The maximum atomic E-state index is 13.4. The van der Waals surface area contributed by atoms with Gasteiger partial charge in [-0.3, -0.25) is 14.4 Å². The quantitative estimate of drug-likeness (QED) is 0.121. The van der Waals surface area contributed by atoms with Crippen LogP contribution in [0.2, 0.25) is 0 Å². The summed E-state index contributed by atoms with van der Waals surface area (Å²) in [6, 6.07) is 13.1. The second-order valence-corrected chi connectivity index (χ2v) is 10.7. The lowest BCUT2D eigenvalue weighted by molar-refractivity contribution is -0.133. The zero-order valence-electron chi connectivity index (χ0n) is 24.8. The highest BCUT2D eigenvalue weighted by molar-refractivity contribution is 6.15. The van der Waals surface area contributed by atoms with Crippen LogP contribution >= 0.6 is 0 Å². The predicted molar refractivity (Wildman–Crippen MR) is 169 cm³/mol. The first-order valence-electron chi connectivity index (χ1n) is 15.1. The molecule has 0 saturated carbocycles. The summed E-state index contributed by atoms with van der Waals surface area (Å²) in [5.74, 6) is -0.474. The van der Waals surface area contributed by atoms with Crippen molar-refractivity contribution < 1.29 is 24.6 Å². The Bertz CT molecular complexity index is 1210. The van der Waals surface area contributed by atoms with Gasteiger partial charge in [0.1, 0.15) is 11.5 Å². The molecule has 0 aliphatic carbocycles. The third-order valence-electron chi connectivity index (χ3n) is 7.01. The number of carbonyl (C=O) groups excluding carboxylic acids is 3. The van der Waals surface area contributed by atoms with Crippen molar-refractivity contribution in [1.29, 1.82) is 0 Å². The Hall–Kier alpha value is -3.99. The molecule has 0 spiro atoms. The van der Waals surface area contributed by atoms with Crippen LogP contribution < -0.4 is 21.7 Å². The molecule has 10 heteroatoms. The van der Waals surface area contributed by atoms with Crippen LogP contribution in [-0.2, 0) is 14.4 Å². The smallest absolute Gasteiger partial charge is 0.223 e. The number of phenolic OH excluding ortho intramolecular Hbond substituents is 2. The lowest BCUT2D eigenvalue weighted by atomic mass is 9.94. The number of unbranched alkanes of at least 4 members (excludes halogenated alkanes) is 1. The minimum absolute atomic E-state index is 0.0242. The molecule has 2 aromatic rings. The molecule has 1 saturated heterocycles. The van der Waals surface area contributed by atoms with E-state index in [1.54, 1.807) is 65.6 Å². The SMILES string of the molecule is NCCCNCCCCNCCCNC(=O)CCC(=O)N1C/C(=C/c2cccc(O)c2)C(=O)/C(=C/c2cccc(O)c2)C1. The van der Waals surface area contributed by atoms with E-state index < -0.39 is 0 Å². The van der Waals surface area contributed by atoms with Crippen molar-refractivity contribution in [2.24, 2.45) is 5.73 Å². The number of carbonyl (C=O) groups is 3. The van der Waals surface area contributed by atoms with E-state index in [4.69, 9.17) is 5.73 Å². The van der Waals surface area contributed by atoms with E-state index in [0.29, 0.717) is 35.4 Å². The van der Waals surface area contributed by atoms with Gasteiger partial charge in [0.05, 0.1) is 0 Å². The Morgan fingerprint density at radius 1 is 0.767 bits per heavy atom. The molecule has 3 rings (SSSR count). The Morgan fingerprint density at radius 2 is 1.30 bits per heavy atom. The van der Waals surface area contributed by atoms with Gasteiger partial charge in [0.25, 0.3) is 0 Å². The van der Waals surface area contributed by atoms with Crippen molar-refractivity contribution in [3.8, 4) is 11.5 Å². The number of likely N-dealkylation sites (tertiary alicyclic amines) is 1. The van der Waals surface area contributed by atoms with Crippen molar-refractivity contribution in [1.82, 2.24) is 20.9 Å². The number of Topliss-reactive ketones (excluding diaryl/α,β-unsaturated/α-hetero) is 1. The molecule has 1 heterocycles. The van der Waals surface area contributed by atoms with Gasteiger partial charge in [-0.2, -0.15) is 0 Å². The molecule has 0 bridgehead atoms. The van der Waals surface area contributed by atoms with Crippen LogP contribution in [0.1, 0.15) is 49.7 Å². The fourth-order valence-electron chi connectivity index (χ4n) is 4.73. The van der Waals surface area contributed by atoms with Gasteiger partial charge in [-0.15, -0.1) is 0 Å². The Morgan fingerprint density at radius 3 is 1.84 bits per heavy atom. The summed E-state index contributed by atoms with van der Waals surface area (Å²) in [7, 11) is 0. The monoisotopic (exact) mass is 591 g/mol. The summed E-state index contributed by atoms with van der Waals surface area (Å²) in [5, 5.41) is 29.3. The average molecular weight is 592 g/mol. The number of hydrogen-bond donors (Lipinski definition) is 6. The van der Waals surface area contributed by atoms with Crippen molar-refractivity contribution in [2.45, 2.75) is 38.5 Å². The standard InChI is InChI=1S/C33H45N5O5/c34-13-5-16-35-14-1-2-15-36-17-6-18-37-31(41)11-12-32(42)38-23-27(19-25-7-3-9-29(39)21-25)33(43)28(24-38)20-26-8-4-10-30(40)22-26/h3-4,7-10,19-22,35-36,39-40H,1-2,5-6,11-18,23-24,34H2,(H,37,41)/b27-19-,28-20+. The van der Waals surface area contributed by atoms with Gasteiger partial charge in [0.2, 0.25) is 11.8 Å². The van der Waals surface area contributed by atoms with Gasteiger partial charge < -0.3 is 36.8 Å². The van der Waals surface area contributed by atoms with Crippen molar-refractivity contribution in [2.75, 3.05) is 52.4 Å². The zero-order valence-corrected chi connectivity index (χ0v) is 24.8. The van der Waals surface area contributed by atoms with Crippen molar-refractivity contribution in [3.05, 3.63) is 70.8 Å². The third kappa shape index (κ3) is 12.4. The number of nitrogens with zero attached hydrogens (tertiary/aromatic N) is 1. The highest BCUT2D eigenvalue weighted by Crippen LogP contribution is 2.24. The molecule has 7 N–H and O–H groups in total. The van der Waals surface area contributed by atoms with Gasteiger partial charge in [0.15, 0.2) is 5.78 Å². The van der Waals surface area contributed by atoms with Crippen LogP contribution in [0.3, 0.4) is 0 Å². The lowest BCUT2D eigenvalue weighted by Crippen LogP contribution is -2.42. The zero-order chi connectivity index (χ0) is 30.9. The lowest BCUT2D eigenvalue weighted by Gasteiger charge is -2.30. The first-order valence-corrected chi connectivity index (χ1v) is 15.1. The molecule has 232 valence electrons. The van der Waals surface area contributed by atoms with Gasteiger partial charge in [0, 0.05) is 43.6 Å². The predicted octanol–water partition coefficient (Wildman–Crippen LogP) is 2.57. The Labute approximate surface area is 254 Å². The number of ketones is 1. The number of phenols is 2. The maximum Gasteiger partial charge on any atom is 0.223 e. The first kappa shape index (κ1) is 33.5. The normalized spacial score (nSPS) is 15.3. The molecular formula is C33H45N5O5. The second kappa shape index (κ2) is 18.5. The van der Waals surface area contributed by atoms with E-state index in [9.17, 15) is 24.6 Å². The highest BCUT2D eigenvalue weighted by atomic mass is 16.3. The maximum absolute atomic E-state index is 13.4. The fraction of sp³-hybridized carbons (Fsp3) is 0.424. The molecule has 2 aromatic carbocycles. The molecule has 0 aromatic heterocycles. The first-order chi connectivity index (χ1) is 20.9. The molecule has 1 fully saturated rings. The number of rotatable bonds is 17. The number of amides is 2. The minimum Gasteiger partial charge on any atom is -0.508 e. The van der Waals surface area contributed by atoms with Crippen molar-refractivity contribution in [3.63, 3.8) is 0 Å². The molecule has 1 aliphatic rings.